The highest BCUT2D eigenvalue weighted by Gasteiger charge is 2.26. The summed E-state index contributed by atoms with van der Waals surface area (Å²) in [7, 11) is 0. The molecule has 0 aromatic heterocycles. The molecule has 2 rings (SSSR count). The van der Waals surface area contributed by atoms with Gasteiger partial charge in [-0.3, -0.25) is 9.59 Å². The molecular formula is C15H21N3O2. The first-order chi connectivity index (χ1) is 9.47. The Morgan fingerprint density at radius 1 is 1.40 bits per heavy atom. The van der Waals surface area contributed by atoms with Gasteiger partial charge in [-0.25, -0.2) is 0 Å². The zero-order valence-corrected chi connectivity index (χ0v) is 11.8. The number of hydrogen-bond donors (Lipinski definition) is 2. The standard InChI is InChI=1S/C15H21N3O2/c1-10-4-5-12(16)8-13(10)15(20)18-6-2-3-11(9-18)7-14(17)19/h4-5,8,11H,2-3,6-7,9,16H2,1H3,(H2,17,19). The van der Waals surface area contributed by atoms with Crippen LogP contribution >= 0.6 is 0 Å². The minimum absolute atomic E-state index is 0.0102. The average Bonchev–Trinajstić information content (AvgIpc) is 2.40. The molecule has 1 fully saturated rings. The van der Waals surface area contributed by atoms with Crippen LogP contribution in [0.1, 0.15) is 35.2 Å². The maximum Gasteiger partial charge on any atom is 0.254 e. The first-order valence-electron chi connectivity index (χ1n) is 6.91. The lowest BCUT2D eigenvalue weighted by molar-refractivity contribution is -0.119. The van der Waals surface area contributed by atoms with Gasteiger partial charge in [-0.05, 0) is 43.4 Å². The Balaban J connectivity index is 2.12. The minimum Gasteiger partial charge on any atom is -0.399 e. The van der Waals surface area contributed by atoms with Gasteiger partial charge in [0.1, 0.15) is 0 Å². The fourth-order valence-electron chi connectivity index (χ4n) is 2.74. The number of anilines is 1. The normalized spacial score (nSPS) is 18.9. The van der Waals surface area contributed by atoms with E-state index in [1.54, 1.807) is 17.0 Å². The number of primary amides is 1. The van der Waals surface area contributed by atoms with E-state index in [2.05, 4.69) is 0 Å². The van der Waals surface area contributed by atoms with Crippen molar-refractivity contribution in [3.05, 3.63) is 29.3 Å². The molecule has 0 bridgehead atoms. The number of rotatable bonds is 3. The SMILES string of the molecule is Cc1ccc(N)cc1C(=O)N1CCCC(CC(N)=O)C1. The summed E-state index contributed by atoms with van der Waals surface area (Å²) in [4.78, 5) is 25.4. The third kappa shape index (κ3) is 3.29. The molecule has 2 amide bonds. The van der Waals surface area contributed by atoms with Gasteiger partial charge in [0.25, 0.3) is 5.91 Å². The molecule has 5 nitrogen and oxygen atoms in total. The second-order valence-electron chi connectivity index (χ2n) is 5.50. The quantitative estimate of drug-likeness (QED) is 0.815. The van der Waals surface area contributed by atoms with E-state index in [0.29, 0.717) is 24.2 Å². The average molecular weight is 275 g/mol. The lowest BCUT2D eigenvalue weighted by Crippen LogP contribution is -2.41. The van der Waals surface area contributed by atoms with Gasteiger partial charge in [0, 0.05) is 30.8 Å². The molecule has 0 aliphatic carbocycles. The predicted octanol–water partition coefficient (Wildman–Crippen LogP) is 1.30. The van der Waals surface area contributed by atoms with Gasteiger partial charge in [0.05, 0.1) is 0 Å². The smallest absolute Gasteiger partial charge is 0.254 e. The molecule has 1 heterocycles. The summed E-state index contributed by atoms with van der Waals surface area (Å²) in [5.41, 5.74) is 13.1. The summed E-state index contributed by atoms with van der Waals surface area (Å²) in [6.07, 6.45) is 2.20. The van der Waals surface area contributed by atoms with Crippen molar-refractivity contribution < 1.29 is 9.59 Å². The molecule has 20 heavy (non-hydrogen) atoms. The summed E-state index contributed by atoms with van der Waals surface area (Å²) >= 11 is 0. The molecule has 1 unspecified atom stereocenters. The Labute approximate surface area is 118 Å². The van der Waals surface area contributed by atoms with Crippen molar-refractivity contribution in [1.82, 2.24) is 4.90 Å². The molecule has 4 N–H and O–H groups in total. The lowest BCUT2D eigenvalue weighted by Gasteiger charge is -2.32. The van der Waals surface area contributed by atoms with Gasteiger partial charge in [-0.15, -0.1) is 0 Å². The van der Waals surface area contributed by atoms with Crippen LogP contribution in [-0.4, -0.2) is 29.8 Å². The van der Waals surface area contributed by atoms with E-state index in [9.17, 15) is 9.59 Å². The number of amides is 2. The van der Waals surface area contributed by atoms with E-state index in [0.717, 1.165) is 24.9 Å². The van der Waals surface area contributed by atoms with E-state index in [1.165, 1.54) is 0 Å². The number of nitrogen functional groups attached to an aromatic ring is 1. The summed E-state index contributed by atoms with van der Waals surface area (Å²) in [5.74, 6) is -0.139. The number of aryl methyl sites for hydroxylation is 1. The molecule has 108 valence electrons. The number of likely N-dealkylation sites (tertiary alicyclic amines) is 1. The number of nitrogens with two attached hydrogens (primary N) is 2. The fourth-order valence-corrected chi connectivity index (χ4v) is 2.74. The zero-order chi connectivity index (χ0) is 14.7. The maximum atomic E-state index is 12.6. The Morgan fingerprint density at radius 3 is 2.85 bits per heavy atom. The molecular weight excluding hydrogens is 254 g/mol. The Bertz CT molecular complexity index is 528. The van der Waals surface area contributed by atoms with Crippen LogP contribution in [0.5, 0.6) is 0 Å². The van der Waals surface area contributed by atoms with E-state index in [1.807, 2.05) is 13.0 Å². The first kappa shape index (κ1) is 14.4. The Hall–Kier alpha value is -2.04. The van der Waals surface area contributed by atoms with Gasteiger partial charge < -0.3 is 16.4 Å². The lowest BCUT2D eigenvalue weighted by atomic mass is 9.93. The summed E-state index contributed by atoms with van der Waals surface area (Å²) < 4.78 is 0. The predicted molar refractivity (Wildman–Crippen MR) is 78.0 cm³/mol. The number of nitrogens with zero attached hydrogens (tertiary/aromatic N) is 1. The second kappa shape index (κ2) is 5.94. The van der Waals surface area contributed by atoms with Crippen LogP contribution in [0.15, 0.2) is 18.2 Å². The molecule has 0 radical (unpaired) electrons. The van der Waals surface area contributed by atoms with Crippen molar-refractivity contribution in [3.8, 4) is 0 Å². The largest absolute Gasteiger partial charge is 0.399 e. The Morgan fingerprint density at radius 2 is 2.15 bits per heavy atom. The monoisotopic (exact) mass is 275 g/mol. The highest BCUT2D eigenvalue weighted by molar-refractivity contribution is 5.96. The van der Waals surface area contributed by atoms with Gasteiger partial charge in [-0.2, -0.15) is 0 Å². The molecule has 0 saturated carbocycles. The topological polar surface area (TPSA) is 89.4 Å². The highest BCUT2D eigenvalue weighted by Crippen LogP contribution is 2.22. The summed E-state index contributed by atoms with van der Waals surface area (Å²) in [5, 5.41) is 0. The van der Waals surface area contributed by atoms with Crippen LogP contribution in [0.2, 0.25) is 0 Å². The highest BCUT2D eigenvalue weighted by atomic mass is 16.2. The minimum atomic E-state index is -0.301. The van der Waals surface area contributed by atoms with Crippen molar-refractivity contribution in [2.75, 3.05) is 18.8 Å². The number of benzene rings is 1. The van der Waals surface area contributed by atoms with Crippen LogP contribution in [0, 0.1) is 12.8 Å². The van der Waals surface area contributed by atoms with E-state index in [-0.39, 0.29) is 17.7 Å². The van der Waals surface area contributed by atoms with Crippen molar-refractivity contribution in [2.24, 2.45) is 11.7 Å². The van der Waals surface area contributed by atoms with Gasteiger partial charge >= 0.3 is 0 Å². The molecule has 1 atom stereocenters. The van der Waals surface area contributed by atoms with Gasteiger partial charge in [-0.1, -0.05) is 6.07 Å². The van der Waals surface area contributed by atoms with E-state index in [4.69, 9.17) is 11.5 Å². The van der Waals surface area contributed by atoms with Crippen molar-refractivity contribution in [1.29, 1.82) is 0 Å². The molecule has 1 saturated heterocycles. The first-order valence-corrected chi connectivity index (χ1v) is 6.91. The number of hydrogen-bond acceptors (Lipinski definition) is 3. The molecule has 1 aromatic rings. The van der Waals surface area contributed by atoms with Crippen LogP contribution < -0.4 is 11.5 Å². The molecule has 5 heteroatoms. The summed E-state index contributed by atoms with van der Waals surface area (Å²) in [6, 6.07) is 5.36. The molecule has 1 aliphatic rings. The number of carbonyl (C=O) groups excluding carboxylic acids is 2. The number of carbonyl (C=O) groups is 2. The molecule has 1 aromatic carbocycles. The maximum absolute atomic E-state index is 12.6. The van der Waals surface area contributed by atoms with Crippen LogP contribution in [0.25, 0.3) is 0 Å². The third-order valence-corrected chi connectivity index (χ3v) is 3.79. The second-order valence-corrected chi connectivity index (χ2v) is 5.50. The van der Waals surface area contributed by atoms with Crippen molar-refractivity contribution >= 4 is 17.5 Å². The fraction of sp³-hybridized carbons (Fsp3) is 0.467. The van der Waals surface area contributed by atoms with E-state index < -0.39 is 0 Å². The van der Waals surface area contributed by atoms with Gasteiger partial charge in [0.2, 0.25) is 5.91 Å². The van der Waals surface area contributed by atoms with Crippen molar-refractivity contribution in [3.63, 3.8) is 0 Å². The molecule has 1 aliphatic heterocycles. The van der Waals surface area contributed by atoms with Crippen molar-refractivity contribution in [2.45, 2.75) is 26.2 Å². The van der Waals surface area contributed by atoms with E-state index >= 15 is 0 Å². The Kier molecular flexibility index (Phi) is 4.27. The van der Waals surface area contributed by atoms with Crippen LogP contribution in [0.3, 0.4) is 0 Å². The van der Waals surface area contributed by atoms with Crippen LogP contribution in [-0.2, 0) is 4.79 Å². The van der Waals surface area contributed by atoms with Crippen LogP contribution in [0.4, 0.5) is 5.69 Å². The summed E-state index contributed by atoms with van der Waals surface area (Å²) in [6.45, 7) is 3.22. The molecule has 0 spiro atoms. The zero-order valence-electron chi connectivity index (χ0n) is 11.8. The third-order valence-electron chi connectivity index (χ3n) is 3.79. The van der Waals surface area contributed by atoms with Gasteiger partial charge in [0.15, 0.2) is 0 Å². The number of piperidine rings is 1.